The highest BCUT2D eigenvalue weighted by Gasteiger charge is 2.26. The van der Waals surface area contributed by atoms with Gasteiger partial charge in [-0.2, -0.15) is 0 Å². The van der Waals surface area contributed by atoms with E-state index in [-0.39, 0.29) is 18.7 Å². The number of nitrogens with zero attached hydrogens (tertiary/aromatic N) is 1. The SMILES string of the molecule is CC(C)(CC(=O)O)CC(=O)NCC(C)(C)SN=O. The molecular weight excluding hydrogens is 256 g/mol. The van der Waals surface area contributed by atoms with Crippen LogP contribution >= 0.6 is 11.9 Å². The second-order valence-corrected chi connectivity index (χ2v) is 7.05. The molecule has 104 valence electrons. The number of carbonyl (C=O) groups excluding carboxylic acids is 1. The predicted octanol–water partition coefficient (Wildman–Crippen LogP) is 2.19. The van der Waals surface area contributed by atoms with Crippen LogP contribution in [0.15, 0.2) is 4.58 Å². The van der Waals surface area contributed by atoms with E-state index in [0.29, 0.717) is 6.54 Å². The molecule has 0 aromatic rings. The number of nitroso groups, excluding NO2 is 1. The van der Waals surface area contributed by atoms with E-state index >= 15 is 0 Å². The molecular formula is C11H20N2O4S. The number of hydrogen-bond acceptors (Lipinski definition) is 5. The zero-order chi connectivity index (χ0) is 14.4. The van der Waals surface area contributed by atoms with Crippen molar-refractivity contribution in [1.82, 2.24) is 5.32 Å². The molecule has 0 aliphatic rings. The summed E-state index contributed by atoms with van der Waals surface area (Å²) < 4.78 is 2.27. The Morgan fingerprint density at radius 2 is 1.78 bits per heavy atom. The minimum Gasteiger partial charge on any atom is -0.481 e. The Morgan fingerprint density at radius 1 is 1.22 bits per heavy atom. The van der Waals surface area contributed by atoms with Gasteiger partial charge in [-0.3, -0.25) is 9.59 Å². The van der Waals surface area contributed by atoms with Gasteiger partial charge in [0, 0.05) is 29.5 Å². The van der Waals surface area contributed by atoms with Gasteiger partial charge in [0.1, 0.15) is 0 Å². The Balaban J connectivity index is 4.19. The van der Waals surface area contributed by atoms with Crippen LogP contribution in [-0.2, 0) is 9.59 Å². The normalized spacial score (nSPS) is 12.0. The third kappa shape index (κ3) is 8.05. The van der Waals surface area contributed by atoms with Crippen molar-refractivity contribution in [2.45, 2.75) is 45.3 Å². The van der Waals surface area contributed by atoms with E-state index in [9.17, 15) is 14.5 Å². The first-order valence-corrected chi connectivity index (χ1v) is 6.35. The van der Waals surface area contributed by atoms with Crippen LogP contribution in [0.1, 0.15) is 40.5 Å². The van der Waals surface area contributed by atoms with E-state index in [0.717, 1.165) is 11.9 Å². The number of carboxylic acids is 1. The molecule has 0 heterocycles. The summed E-state index contributed by atoms with van der Waals surface area (Å²) in [5.41, 5.74) is -0.587. The Morgan fingerprint density at radius 3 is 2.22 bits per heavy atom. The lowest BCUT2D eigenvalue weighted by Gasteiger charge is -2.24. The Hall–Kier alpha value is -1.11. The largest absolute Gasteiger partial charge is 0.481 e. The molecule has 0 aliphatic heterocycles. The Kier molecular flexibility index (Phi) is 6.31. The van der Waals surface area contributed by atoms with Gasteiger partial charge >= 0.3 is 5.97 Å². The molecule has 2 N–H and O–H groups in total. The van der Waals surface area contributed by atoms with Crippen molar-refractivity contribution in [1.29, 1.82) is 0 Å². The van der Waals surface area contributed by atoms with Crippen molar-refractivity contribution in [3.63, 3.8) is 0 Å². The summed E-state index contributed by atoms with van der Waals surface area (Å²) in [5, 5.41) is 11.4. The zero-order valence-corrected chi connectivity index (χ0v) is 12.0. The number of nitrogens with one attached hydrogen (secondary N) is 1. The molecule has 1 amide bonds. The van der Waals surface area contributed by atoms with Crippen LogP contribution in [0.2, 0.25) is 0 Å². The molecule has 0 radical (unpaired) electrons. The summed E-state index contributed by atoms with van der Waals surface area (Å²) in [6, 6.07) is 0. The standard InChI is InChI=1S/C11H20N2O4S/c1-10(2,6-9(15)16)5-8(14)12-7-11(3,4)18-13-17/h5-7H2,1-4H3,(H,12,14)(H,15,16). The molecule has 0 rings (SSSR count). The molecule has 18 heavy (non-hydrogen) atoms. The van der Waals surface area contributed by atoms with Gasteiger partial charge in [0.15, 0.2) is 0 Å². The van der Waals surface area contributed by atoms with Crippen molar-refractivity contribution in [2.24, 2.45) is 10.00 Å². The monoisotopic (exact) mass is 276 g/mol. The lowest BCUT2D eigenvalue weighted by atomic mass is 9.85. The molecule has 0 spiro atoms. The number of carboxylic acid groups (broad SMARTS) is 1. The minimum atomic E-state index is -0.922. The van der Waals surface area contributed by atoms with Gasteiger partial charge in [0.05, 0.1) is 11.2 Å². The van der Waals surface area contributed by atoms with Crippen LogP contribution in [0.4, 0.5) is 0 Å². The van der Waals surface area contributed by atoms with Gasteiger partial charge in [-0.05, 0) is 19.3 Å². The molecule has 0 aromatic carbocycles. The molecule has 0 bridgehead atoms. The Bertz CT molecular complexity index is 329. The van der Waals surface area contributed by atoms with E-state index in [4.69, 9.17) is 5.11 Å². The van der Waals surface area contributed by atoms with Crippen molar-refractivity contribution in [3.8, 4) is 0 Å². The molecule has 0 saturated heterocycles. The summed E-state index contributed by atoms with van der Waals surface area (Å²) in [5.74, 6) is -1.14. The molecule has 0 aliphatic carbocycles. The first-order chi connectivity index (χ1) is 8.08. The number of carbonyl (C=O) groups is 2. The van der Waals surface area contributed by atoms with Gasteiger partial charge in [-0.15, -0.1) is 4.91 Å². The zero-order valence-electron chi connectivity index (χ0n) is 11.1. The first-order valence-electron chi connectivity index (χ1n) is 5.57. The van der Waals surface area contributed by atoms with Crippen molar-refractivity contribution in [2.75, 3.05) is 6.54 Å². The predicted molar refractivity (Wildman–Crippen MR) is 71.1 cm³/mol. The second kappa shape index (κ2) is 6.72. The molecule has 0 fully saturated rings. The van der Waals surface area contributed by atoms with Crippen LogP contribution < -0.4 is 5.32 Å². The molecule has 0 unspecified atom stereocenters. The maximum atomic E-state index is 11.7. The van der Waals surface area contributed by atoms with E-state index in [2.05, 4.69) is 9.90 Å². The topological polar surface area (TPSA) is 95.8 Å². The van der Waals surface area contributed by atoms with Crippen LogP contribution in [0.25, 0.3) is 0 Å². The lowest BCUT2D eigenvalue weighted by Crippen LogP contribution is -2.38. The minimum absolute atomic E-state index is 0.0611. The summed E-state index contributed by atoms with van der Waals surface area (Å²) in [4.78, 5) is 32.4. The first kappa shape index (κ1) is 16.9. The maximum Gasteiger partial charge on any atom is 0.303 e. The van der Waals surface area contributed by atoms with Crippen molar-refractivity contribution in [3.05, 3.63) is 4.91 Å². The average molecular weight is 276 g/mol. The van der Waals surface area contributed by atoms with E-state index in [1.54, 1.807) is 27.7 Å². The van der Waals surface area contributed by atoms with Gasteiger partial charge < -0.3 is 10.4 Å². The molecule has 0 aromatic heterocycles. The fourth-order valence-electron chi connectivity index (χ4n) is 1.41. The quantitative estimate of drug-likeness (QED) is 0.523. The summed E-state index contributed by atoms with van der Waals surface area (Å²) in [7, 11) is 0. The average Bonchev–Trinajstić information content (AvgIpc) is 2.11. The van der Waals surface area contributed by atoms with E-state index < -0.39 is 16.1 Å². The van der Waals surface area contributed by atoms with Crippen molar-refractivity contribution >= 4 is 23.8 Å². The van der Waals surface area contributed by atoms with Crippen LogP contribution in [0, 0.1) is 10.3 Å². The number of aliphatic carboxylic acids is 1. The smallest absolute Gasteiger partial charge is 0.303 e. The Labute approximate surface area is 111 Å². The maximum absolute atomic E-state index is 11.7. The fourth-order valence-corrected chi connectivity index (χ4v) is 1.75. The molecule has 0 saturated carbocycles. The molecule has 7 heteroatoms. The van der Waals surface area contributed by atoms with Crippen LogP contribution in [-0.4, -0.2) is 28.3 Å². The van der Waals surface area contributed by atoms with E-state index in [1.807, 2.05) is 0 Å². The second-order valence-electron chi connectivity index (χ2n) is 5.61. The third-order valence-electron chi connectivity index (χ3n) is 2.26. The molecule has 0 atom stereocenters. The number of hydrogen-bond donors (Lipinski definition) is 2. The number of amides is 1. The van der Waals surface area contributed by atoms with Crippen LogP contribution in [0.3, 0.4) is 0 Å². The highest BCUT2D eigenvalue weighted by molar-refractivity contribution is 7.99. The van der Waals surface area contributed by atoms with E-state index in [1.165, 1.54) is 0 Å². The highest BCUT2D eigenvalue weighted by Crippen LogP contribution is 2.26. The third-order valence-corrected chi connectivity index (χ3v) is 2.98. The molecule has 6 nitrogen and oxygen atoms in total. The van der Waals surface area contributed by atoms with Gasteiger partial charge in [0.2, 0.25) is 5.91 Å². The van der Waals surface area contributed by atoms with Gasteiger partial charge in [0.25, 0.3) is 0 Å². The van der Waals surface area contributed by atoms with Crippen LogP contribution in [0.5, 0.6) is 0 Å². The lowest BCUT2D eigenvalue weighted by molar-refractivity contribution is -0.139. The fraction of sp³-hybridized carbons (Fsp3) is 0.818. The van der Waals surface area contributed by atoms with Crippen molar-refractivity contribution < 1.29 is 14.7 Å². The summed E-state index contributed by atoms with van der Waals surface area (Å²) in [6.45, 7) is 7.36. The summed E-state index contributed by atoms with van der Waals surface area (Å²) >= 11 is 0.865. The van der Waals surface area contributed by atoms with Gasteiger partial charge in [-0.25, -0.2) is 0 Å². The van der Waals surface area contributed by atoms with Gasteiger partial charge in [-0.1, -0.05) is 13.8 Å². The summed E-state index contributed by atoms with van der Waals surface area (Å²) in [6.07, 6.45) is 0.0724. The number of rotatable bonds is 8. The highest BCUT2D eigenvalue weighted by atomic mass is 32.2.